The van der Waals surface area contributed by atoms with Gasteiger partial charge in [-0.1, -0.05) is 296 Å². The predicted molar refractivity (Wildman–Crippen MR) is 348 cm³/mol. The zero-order chi connectivity index (χ0) is 57.8. The second kappa shape index (κ2) is 67.3. The van der Waals surface area contributed by atoms with Gasteiger partial charge < -0.3 is 14.2 Å². The largest absolute Gasteiger partial charge is 0.462 e. The Morgan fingerprint density at radius 2 is 0.487 bits per heavy atom. The Kier molecular flexibility index (Phi) is 63.8. The minimum atomic E-state index is -0.796. The summed E-state index contributed by atoms with van der Waals surface area (Å²) >= 11 is 0. The van der Waals surface area contributed by atoms with Crippen LogP contribution in [0.15, 0.2) is 122 Å². The van der Waals surface area contributed by atoms with Crippen molar-refractivity contribution in [3.63, 3.8) is 0 Å². The number of unbranched alkanes of at least 4 members (excludes halogenated alkanes) is 29. The van der Waals surface area contributed by atoms with Crippen LogP contribution in [0.3, 0.4) is 0 Å². The first-order chi connectivity index (χ1) is 39.5. The zero-order valence-electron chi connectivity index (χ0n) is 52.3. The molecule has 0 fully saturated rings. The third-order valence-electron chi connectivity index (χ3n) is 14.2. The van der Waals surface area contributed by atoms with E-state index in [9.17, 15) is 14.4 Å². The van der Waals surface area contributed by atoms with Crippen molar-refractivity contribution in [1.82, 2.24) is 0 Å². The number of ether oxygens (including phenoxy) is 3. The number of esters is 3. The van der Waals surface area contributed by atoms with Crippen molar-refractivity contribution < 1.29 is 28.6 Å². The normalized spacial score (nSPS) is 12.9. The van der Waals surface area contributed by atoms with Crippen molar-refractivity contribution >= 4 is 17.9 Å². The molecule has 0 rings (SSSR count). The lowest BCUT2D eigenvalue weighted by Gasteiger charge is -2.18. The Morgan fingerprint density at radius 3 is 0.787 bits per heavy atom. The van der Waals surface area contributed by atoms with E-state index in [0.717, 1.165) is 122 Å². The highest BCUT2D eigenvalue weighted by Gasteiger charge is 2.19. The Labute approximate surface area is 494 Å². The second-order valence-corrected chi connectivity index (χ2v) is 22.0. The molecule has 0 saturated heterocycles. The van der Waals surface area contributed by atoms with Gasteiger partial charge in [0.25, 0.3) is 0 Å². The van der Waals surface area contributed by atoms with Crippen molar-refractivity contribution in [2.45, 2.75) is 316 Å². The maximum absolute atomic E-state index is 12.9. The molecule has 6 nitrogen and oxygen atoms in total. The van der Waals surface area contributed by atoms with Crippen LogP contribution in [0.5, 0.6) is 0 Å². The minimum Gasteiger partial charge on any atom is -0.462 e. The molecule has 0 spiro atoms. The van der Waals surface area contributed by atoms with E-state index < -0.39 is 6.10 Å². The van der Waals surface area contributed by atoms with E-state index in [0.29, 0.717) is 19.3 Å². The summed E-state index contributed by atoms with van der Waals surface area (Å²) in [5.74, 6) is -0.920. The smallest absolute Gasteiger partial charge is 0.306 e. The number of carbonyl (C=O) groups is 3. The molecule has 0 radical (unpaired) electrons. The van der Waals surface area contributed by atoms with Crippen molar-refractivity contribution in [1.29, 1.82) is 0 Å². The summed E-state index contributed by atoms with van der Waals surface area (Å²) in [6.45, 7) is 6.51. The third-order valence-corrected chi connectivity index (χ3v) is 14.2. The van der Waals surface area contributed by atoms with E-state index in [1.54, 1.807) is 0 Å². The first kappa shape index (κ1) is 75.8. The standard InChI is InChI=1S/C74H124O6/c1-4-7-10-13-16-19-22-25-27-29-31-32-33-34-35-36-37-38-39-40-41-42-43-45-46-49-52-55-58-61-64-67-73(76)79-70-71(69-78-72(75)66-63-60-57-54-51-48-24-21-18-15-12-9-6-3)80-74(77)68-65-62-59-56-53-50-47-44-30-28-26-23-20-17-14-11-8-5-2/h7,10,16,19,25,27-28,30-32,34-35,37-38,40-41,43,45,49,52,71H,4-6,8-9,11-15,17-18,20-24,26,29,33,36,39,42,44,46-48,50-51,53-70H2,1-3H3/b10-7-,19-16-,27-25-,30-28-,32-31-,35-34-,38-37-,41-40-,45-43-,52-49-. The molecule has 0 bridgehead atoms. The summed E-state index contributed by atoms with van der Waals surface area (Å²) in [5.41, 5.74) is 0. The average Bonchev–Trinajstić information content (AvgIpc) is 3.46. The van der Waals surface area contributed by atoms with E-state index in [2.05, 4.69) is 142 Å². The quantitative estimate of drug-likeness (QED) is 0.0261. The number of hydrogen-bond donors (Lipinski definition) is 0. The fourth-order valence-corrected chi connectivity index (χ4v) is 9.20. The van der Waals surface area contributed by atoms with E-state index in [1.165, 1.54) is 148 Å². The maximum atomic E-state index is 12.9. The van der Waals surface area contributed by atoms with Gasteiger partial charge in [-0.15, -0.1) is 0 Å². The molecule has 1 atom stereocenters. The monoisotopic (exact) mass is 1110 g/mol. The summed E-state index contributed by atoms with van der Waals surface area (Å²) < 4.78 is 16.9. The van der Waals surface area contributed by atoms with E-state index in [1.807, 2.05) is 0 Å². The van der Waals surface area contributed by atoms with Crippen LogP contribution in [0.4, 0.5) is 0 Å². The molecule has 0 aliphatic heterocycles. The first-order valence-electron chi connectivity index (χ1n) is 33.5. The molecule has 0 N–H and O–H groups in total. The summed E-state index contributed by atoms with van der Waals surface area (Å²) in [6, 6.07) is 0. The molecule has 80 heavy (non-hydrogen) atoms. The Morgan fingerprint density at radius 1 is 0.263 bits per heavy atom. The fraction of sp³-hybridized carbons (Fsp3) is 0.689. The molecule has 0 aliphatic rings. The molecule has 0 aromatic rings. The van der Waals surface area contributed by atoms with Gasteiger partial charge in [-0.05, 0) is 116 Å². The maximum Gasteiger partial charge on any atom is 0.306 e. The first-order valence-corrected chi connectivity index (χ1v) is 33.5. The Hall–Kier alpha value is -4.19. The van der Waals surface area contributed by atoms with Gasteiger partial charge in [0, 0.05) is 19.3 Å². The van der Waals surface area contributed by atoms with Gasteiger partial charge >= 0.3 is 17.9 Å². The third kappa shape index (κ3) is 64.6. The van der Waals surface area contributed by atoms with Crippen LogP contribution in [-0.4, -0.2) is 37.2 Å². The van der Waals surface area contributed by atoms with Crippen LogP contribution in [0.2, 0.25) is 0 Å². The topological polar surface area (TPSA) is 78.9 Å². The molecule has 0 saturated carbocycles. The van der Waals surface area contributed by atoms with Crippen molar-refractivity contribution in [3.05, 3.63) is 122 Å². The molecular formula is C74H124O6. The molecule has 6 heteroatoms. The second-order valence-electron chi connectivity index (χ2n) is 22.0. The lowest BCUT2D eigenvalue weighted by atomic mass is 10.0. The Bertz CT molecular complexity index is 1650. The summed E-state index contributed by atoms with van der Waals surface area (Å²) in [6.07, 6.45) is 93.5. The molecule has 0 aromatic heterocycles. The summed E-state index contributed by atoms with van der Waals surface area (Å²) in [7, 11) is 0. The van der Waals surface area contributed by atoms with Gasteiger partial charge in [0.1, 0.15) is 13.2 Å². The predicted octanol–water partition coefficient (Wildman–Crippen LogP) is 23.2. The highest BCUT2D eigenvalue weighted by atomic mass is 16.6. The summed E-state index contributed by atoms with van der Waals surface area (Å²) in [5, 5.41) is 0. The SMILES string of the molecule is CC/C=C\C/C=C\C/C=C\C/C=C\C/C=C\C/C=C\C/C=C\C/C=C\C/C=C\CCCCCC(=O)OCC(COC(=O)CCCCCCCCCCCCCCC)OC(=O)CCCCCCCCC/C=C\CCCCCCCCC. The number of allylic oxidation sites excluding steroid dienone is 20. The molecule has 456 valence electrons. The zero-order valence-corrected chi connectivity index (χ0v) is 52.3. The fourth-order valence-electron chi connectivity index (χ4n) is 9.20. The van der Waals surface area contributed by atoms with Gasteiger partial charge in [0.05, 0.1) is 0 Å². The Balaban J connectivity index is 4.38. The highest BCUT2D eigenvalue weighted by molar-refractivity contribution is 5.71. The molecule has 0 amide bonds. The van der Waals surface area contributed by atoms with E-state index >= 15 is 0 Å². The van der Waals surface area contributed by atoms with E-state index in [-0.39, 0.29) is 31.1 Å². The number of hydrogen-bond acceptors (Lipinski definition) is 6. The lowest BCUT2D eigenvalue weighted by molar-refractivity contribution is -0.167. The molecule has 0 aromatic carbocycles. The van der Waals surface area contributed by atoms with Gasteiger partial charge in [0.15, 0.2) is 6.10 Å². The van der Waals surface area contributed by atoms with Crippen LogP contribution >= 0.6 is 0 Å². The van der Waals surface area contributed by atoms with Crippen LogP contribution in [0.1, 0.15) is 310 Å². The van der Waals surface area contributed by atoms with Crippen LogP contribution in [0, 0.1) is 0 Å². The lowest BCUT2D eigenvalue weighted by Crippen LogP contribution is -2.30. The minimum absolute atomic E-state index is 0.0894. The summed E-state index contributed by atoms with van der Waals surface area (Å²) in [4.78, 5) is 38.3. The van der Waals surface area contributed by atoms with Crippen molar-refractivity contribution in [2.75, 3.05) is 13.2 Å². The number of rotatable bonds is 60. The highest BCUT2D eigenvalue weighted by Crippen LogP contribution is 2.16. The molecule has 0 heterocycles. The number of carbonyl (C=O) groups excluding carboxylic acids is 3. The van der Waals surface area contributed by atoms with Gasteiger partial charge in [-0.25, -0.2) is 0 Å². The van der Waals surface area contributed by atoms with Crippen molar-refractivity contribution in [2.24, 2.45) is 0 Å². The molecule has 1 unspecified atom stereocenters. The van der Waals surface area contributed by atoms with Crippen LogP contribution in [0.25, 0.3) is 0 Å². The van der Waals surface area contributed by atoms with Crippen LogP contribution < -0.4 is 0 Å². The molecular weight excluding hydrogens is 985 g/mol. The average molecular weight is 1110 g/mol. The van der Waals surface area contributed by atoms with Gasteiger partial charge in [-0.3, -0.25) is 14.4 Å². The van der Waals surface area contributed by atoms with Gasteiger partial charge in [-0.2, -0.15) is 0 Å². The van der Waals surface area contributed by atoms with Crippen molar-refractivity contribution in [3.8, 4) is 0 Å². The molecule has 0 aliphatic carbocycles. The van der Waals surface area contributed by atoms with E-state index in [4.69, 9.17) is 14.2 Å². The van der Waals surface area contributed by atoms with Gasteiger partial charge in [0.2, 0.25) is 0 Å². The van der Waals surface area contributed by atoms with Crippen LogP contribution in [-0.2, 0) is 28.6 Å².